The Hall–Kier alpha value is -1.09. The van der Waals surface area contributed by atoms with Gasteiger partial charge in [0.25, 0.3) is 0 Å². The minimum absolute atomic E-state index is 0.197. The normalized spacial score (nSPS) is 13.1. The standard InChI is InChI=1S/C17H29FN2/c1-6-14(7-2)20(11-12(3)4)16-10-8-9-15(18)17(16)13(5)19/h8-10,12-14H,6-7,11,19H2,1-5H3/t13-/m1/s1. The Morgan fingerprint density at radius 3 is 2.20 bits per heavy atom. The minimum atomic E-state index is -0.296. The first-order valence-corrected chi connectivity index (χ1v) is 7.72. The van der Waals surface area contributed by atoms with Gasteiger partial charge in [-0.15, -0.1) is 0 Å². The highest BCUT2D eigenvalue weighted by Crippen LogP contribution is 2.31. The first-order chi connectivity index (χ1) is 9.42. The molecule has 0 spiro atoms. The zero-order valence-electron chi connectivity index (χ0n) is 13.5. The van der Waals surface area contributed by atoms with Gasteiger partial charge in [-0.2, -0.15) is 0 Å². The topological polar surface area (TPSA) is 29.3 Å². The Morgan fingerprint density at radius 1 is 1.15 bits per heavy atom. The van der Waals surface area contributed by atoms with Crippen LogP contribution in [0.5, 0.6) is 0 Å². The summed E-state index contributed by atoms with van der Waals surface area (Å²) in [5.41, 5.74) is 7.60. The molecule has 3 heteroatoms. The summed E-state index contributed by atoms with van der Waals surface area (Å²) in [6.45, 7) is 11.5. The number of rotatable bonds is 7. The number of hydrogen-bond donors (Lipinski definition) is 1. The van der Waals surface area contributed by atoms with E-state index < -0.39 is 0 Å². The summed E-state index contributed by atoms with van der Waals surface area (Å²) in [5.74, 6) is 0.331. The summed E-state index contributed by atoms with van der Waals surface area (Å²) < 4.78 is 14.2. The fraction of sp³-hybridized carbons (Fsp3) is 0.647. The molecule has 0 amide bonds. The van der Waals surface area contributed by atoms with E-state index in [2.05, 4.69) is 32.6 Å². The van der Waals surface area contributed by atoms with Gasteiger partial charge in [0.1, 0.15) is 5.82 Å². The predicted octanol–water partition coefficient (Wildman–Crippen LogP) is 4.50. The van der Waals surface area contributed by atoms with Crippen molar-refractivity contribution in [3.63, 3.8) is 0 Å². The Kier molecular flexibility index (Phi) is 6.47. The number of nitrogens with zero attached hydrogens (tertiary/aromatic N) is 1. The first kappa shape index (κ1) is 17.0. The predicted molar refractivity (Wildman–Crippen MR) is 85.6 cm³/mol. The second-order valence-corrected chi connectivity index (χ2v) is 5.98. The smallest absolute Gasteiger partial charge is 0.130 e. The van der Waals surface area contributed by atoms with Crippen LogP contribution < -0.4 is 10.6 Å². The molecule has 0 aromatic heterocycles. The van der Waals surface area contributed by atoms with E-state index in [1.165, 1.54) is 6.07 Å². The zero-order chi connectivity index (χ0) is 15.3. The molecule has 2 N–H and O–H groups in total. The molecule has 0 saturated heterocycles. The molecule has 0 fully saturated rings. The summed E-state index contributed by atoms with van der Waals surface area (Å²) in [7, 11) is 0. The van der Waals surface area contributed by atoms with Gasteiger partial charge in [-0.1, -0.05) is 33.8 Å². The van der Waals surface area contributed by atoms with Crippen LogP contribution in [0.1, 0.15) is 59.1 Å². The van der Waals surface area contributed by atoms with Crippen molar-refractivity contribution in [2.75, 3.05) is 11.4 Å². The molecule has 0 aliphatic carbocycles. The average Bonchev–Trinajstić information content (AvgIpc) is 2.37. The monoisotopic (exact) mass is 280 g/mol. The summed E-state index contributed by atoms with van der Waals surface area (Å²) in [4.78, 5) is 2.34. The maximum atomic E-state index is 14.2. The molecule has 2 nitrogen and oxygen atoms in total. The lowest BCUT2D eigenvalue weighted by atomic mass is 10.0. The SMILES string of the molecule is CCC(CC)N(CC(C)C)c1cccc(F)c1[C@@H](C)N. The van der Waals surface area contributed by atoms with Crippen LogP contribution in [0, 0.1) is 11.7 Å². The Morgan fingerprint density at radius 2 is 1.75 bits per heavy atom. The molecule has 0 bridgehead atoms. The molecule has 1 rings (SSSR count). The third-order valence-electron chi connectivity index (χ3n) is 3.74. The van der Waals surface area contributed by atoms with Crippen molar-refractivity contribution in [3.05, 3.63) is 29.6 Å². The van der Waals surface area contributed by atoms with Gasteiger partial charge >= 0.3 is 0 Å². The highest BCUT2D eigenvalue weighted by molar-refractivity contribution is 5.56. The largest absolute Gasteiger partial charge is 0.368 e. The van der Waals surface area contributed by atoms with Crippen LogP contribution in [0.2, 0.25) is 0 Å². The van der Waals surface area contributed by atoms with Gasteiger partial charge in [0.05, 0.1) is 0 Å². The van der Waals surface area contributed by atoms with Crippen LogP contribution in [0.3, 0.4) is 0 Å². The van der Waals surface area contributed by atoms with Crippen molar-refractivity contribution in [3.8, 4) is 0 Å². The van der Waals surface area contributed by atoms with Crippen LogP contribution in [0.4, 0.5) is 10.1 Å². The molecular formula is C17H29FN2. The van der Waals surface area contributed by atoms with Crippen molar-refractivity contribution in [1.82, 2.24) is 0 Å². The summed E-state index contributed by atoms with van der Waals surface area (Å²) in [6, 6.07) is 5.42. The second-order valence-electron chi connectivity index (χ2n) is 5.98. The second kappa shape index (κ2) is 7.63. The molecule has 1 atom stereocenters. The van der Waals surface area contributed by atoms with E-state index in [-0.39, 0.29) is 11.9 Å². The van der Waals surface area contributed by atoms with Crippen LogP contribution in [0.25, 0.3) is 0 Å². The van der Waals surface area contributed by atoms with Gasteiger partial charge in [0, 0.05) is 29.9 Å². The molecule has 114 valence electrons. The molecule has 1 aromatic carbocycles. The van der Waals surface area contributed by atoms with Gasteiger partial charge in [0.15, 0.2) is 0 Å². The van der Waals surface area contributed by atoms with E-state index in [9.17, 15) is 4.39 Å². The van der Waals surface area contributed by atoms with Crippen LogP contribution in [-0.4, -0.2) is 12.6 Å². The van der Waals surface area contributed by atoms with Crippen molar-refractivity contribution in [1.29, 1.82) is 0 Å². The molecule has 0 aliphatic rings. The number of anilines is 1. The van der Waals surface area contributed by atoms with E-state index in [1.807, 2.05) is 13.0 Å². The van der Waals surface area contributed by atoms with E-state index in [0.717, 1.165) is 25.1 Å². The van der Waals surface area contributed by atoms with Crippen molar-refractivity contribution >= 4 is 5.69 Å². The fourth-order valence-corrected chi connectivity index (χ4v) is 2.79. The Labute approximate surface area is 123 Å². The fourth-order valence-electron chi connectivity index (χ4n) is 2.79. The van der Waals surface area contributed by atoms with E-state index >= 15 is 0 Å². The van der Waals surface area contributed by atoms with Crippen LogP contribution in [0.15, 0.2) is 18.2 Å². The average molecular weight is 280 g/mol. The summed E-state index contributed by atoms with van der Waals surface area (Å²) in [6.07, 6.45) is 2.11. The van der Waals surface area contributed by atoms with E-state index in [0.29, 0.717) is 17.5 Å². The van der Waals surface area contributed by atoms with Crippen LogP contribution >= 0.6 is 0 Å². The summed E-state index contributed by atoms with van der Waals surface area (Å²) >= 11 is 0. The number of benzene rings is 1. The van der Waals surface area contributed by atoms with Gasteiger partial charge in [-0.05, 0) is 37.8 Å². The molecule has 0 aliphatic heterocycles. The maximum Gasteiger partial charge on any atom is 0.130 e. The Bertz CT molecular complexity index is 411. The zero-order valence-corrected chi connectivity index (χ0v) is 13.5. The molecule has 20 heavy (non-hydrogen) atoms. The molecular weight excluding hydrogens is 251 g/mol. The van der Waals surface area contributed by atoms with Gasteiger partial charge < -0.3 is 10.6 Å². The van der Waals surface area contributed by atoms with Crippen molar-refractivity contribution in [2.24, 2.45) is 11.7 Å². The van der Waals surface area contributed by atoms with Crippen molar-refractivity contribution in [2.45, 2.75) is 59.5 Å². The quantitative estimate of drug-likeness (QED) is 0.797. The number of hydrogen-bond acceptors (Lipinski definition) is 2. The minimum Gasteiger partial charge on any atom is -0.368 e. The number of nitrogens with two attached hydrogens (primary N) is 1. The molecule has 1 aromatic rings. The molecule has 0 saturated carbocycles. The van der Waals surface area contributed by atoms with Crippen LogP contribution in [-0.2, 0) is 0 Å². The highest BCUT2D eigenvalue weighted by atomic mass is 19.1. The molecule has 0 radical (unpaired) electrons. The molecule has 0 heterocycles. The lowest BCUT2D eigenvalue weighted by molar-refractivity contribution is 0.501. The van der Waals surface area contributed by atoms with E-state index in [1.54, 1.807) is 6.07 Å². The van der Waals surface area contributed by atoms with Crippen molar-refractivity contribution < 1.29 is 4.39 Å². The third kappa shape index (κ3) is 3.95. The van der Waals surface area contributed by atoms with Gasteiger partial charge in [-0.3, -0.25) is 0 Å². The third-order valence-corrected chi connectivity index (χ3v) is 3.74. The van der Waals surface area contributed by atoms with Gasteiger partial charge in [-0.25, -0.2) is 4.39 Å². The maximum absolute atomic E-state index is 14.2. The lowest BCUT2D eigenvalue weighted by Gasteiger charge is -2.36. The number of halogens is 1. The lowest BCUT2D eigenvalue weighted by Crippen LogP contribution is -2.38. The Balaban J connectivity index is 3.29. The summed E-state index contributed by atoms with van der Waals surface area (Å²) in [5, 5.41) is 0. The highest BCUT2D eigenvalue weighted by Gasteiger charge is 2.22. The first-order valence-electron chi connectivity index (χ1n) is 7.72. The van der Waals surface area contributed by atoms with Gasteiger partial charge in [0.2, 0.25) is 0 Å². The van der Waals surface area contributed by atoms with E-state index in [4.69, 9.17) is 5.73 Å². The molecule has 0 unspecified atom stereocenters.